The van der Waals surface area contributed by atoms with Crippen molar-refractivity contribution in [3.63, 3.8) is 0 Å². The Morgan fingerprint density at radius 2 is 2.00 bits per heavy atom. The SMILES string of the molecule is COc1ccc(-c2nnc(SCC(=O)c3ccc4c(c3)OCO4)n2C[C@@H]2CCCO2)cc1. The number of hydrogen-bond acceptors (Lipinski definition) is 8. The Balaban J connectivity index is 1.36. The Labute approximate surface area is 189 Å². The molecule has 0 saturated carbocycles. The van der Waals surface area contributed by atoms with Crippen LogP contribution >= 0.6 is 11.8 Å². The molecule has 3 aromatic rings. The molecule has 1 aromatic heterocycles. The van der Waals surface area contributed by atoms with Crippen molar-refractivity contribution in [3.8, 4) is 28.6 Å². The molecule has 2 aliphatic rings. The molecule has 0 aliphatic carbocycles. The molecule has 1 atom stereocenters. The van der Waals surface area contributed by atoms with Crippen molar-refractivity contribution in [2.45, 2.75) is 30.6 Å². The smallest absolute Gasteiger partial charge is 0.231 e. The normalized spacial score (nSPS) is 17.0. The highest BCUT2D eigenvalue weighted by Gasteiger charge is 2.23. The number of rotatable bonds is 8. The zero-order valence-electron chi connectivity index (χ0n) is 17.7. The lowest BCUT2D eigenvalue weighted by Crippen LogP contribution is -2.17. The van der Waals surface area contributed by atoms with Gasteiger partial charge in [-0.2, -0.15) is 0 Å². The van der Waals surface area contributed by atoms with Gasteiger partial charge in [0.1, 0.15) is 5.75 Å². The summed E-state index contributed by atoms with van der Waals surface area (Å²) in [6, 6.07) is 13.0. The zero-order chi connectivity index (χ0) is 21.9. The topological polar surface area (TPSA) is 84.7 Å². The minimum atomic E-state index is -0.00837. The number of thioether (sulfide) groups is 1. The quantitative estimate of drug-likeness (QED) is 0.376. The summed E-state index contributed by atoms with van der Waals surface area (Å²) in [5.41, 5.74) is 1.52. The molecule has 0 amide bonds. The fourth-order valence-electron chi connectivity index (χ4n) is 3.79. The lowest BCUT2D eigenvalue weighted by molar-refractivity contribution is 0.0953. The van der Waals surface area contributed by atoms with Crippen LogP contribution in [0.25, 0.3) is 11.4 Å². The number of aromatic nitrogens is 3. The Morgan fingerprint density at radius 1 is 1.16 bits per heavy atom. The minimum absolute atomic E-state index is 0.00837. The van der Waals surface area contributed by atoms with Crippen LogP contribution in [-0.4, -0.2) is 52.9 Å². The van der Waals surface area contributed by atoms with Gasteiger partial charge in [0.15, 0.2) is 28.3 Å². The highest BCUT2D eigenvalue weighted by molar-refractivity contribution is 7.99. The summed E-state index contributed by atoms with van der Waals surface area (Å²) in [7, 11) is 1.64. The van der Waals surface area contributed by atoms with Crippen LogP contribution in [0.15, 0.2) is 47.6 Å². The summed E-state index contributed by atoms with van der Waals surface area (Å²) in [5, 5.41) is 9.52. The number of hydrogen-bond donors (Lipinski definition) is 0. The maximum atomic E-state index is 12.8. The first kappa shape index (κ1) is 20.8. The van der Waals surface area contributed by atoms with E-state index < -0.39 is 0 Å². The van der Waals surface area contributed by atoms with Crippen molar-refractivity contribution in [1.29, 1.82) is 0 Å². The van der Waals surface area contributed by atoms with E-state index in [4.69, 9.17) is 18.9 Å². The van der Waals surface area contributed by atoms with E-state index in [1.165, 1.54) is 11.8 Å². The molecule has 2 aromatic carbocycles. The minimum Gasteiger partial charge on any atom is -0.497 e. The van der Waals surface area contributed by atoms with Gasteiger partial charge in [-0.05, 0) is 55.3 Å². The average Bonchev–Trinajstić information content (AvgIpc) is 3.59. The number of fused-ring (bicyclic) bond motifs is 1. The lowest BCUT2D eigenvalue weighted by Gasteiger charge is -2.15. The van der Waals surface area contributed by atoms with Gasteiger partial charge in [0.25, 0.3) is 0 Å². The van der Waals surface area contributed by atoms with Crippen LogP contribution in [0.3, 0.4) is 0 Å². The third kappa shape index (κ3) is 4.31. The highest BCUT2D eigenvalue weighted by Crippen LogP contribution is 2.33. The number of Topliss-reactive ketones (excluding diaryl/α,β-unsaturated/α-hetero) is 1. The van der Waals surface area contributed by atoms with Gasteiger partial charge in [-0.15, -0.1) is 10.2 Å². The van der Waals surface area contributed by atoms with Crippen molar-refractivity contribution < 1.29 is 23.7 Å². The molecule has 0 bridgehead atoms. The summed E-state index contributed by atoms with van der Waals surface area (Å²) >= 11 is 1.38. The van der Waals surface area contributed by atoms with E-state index in [2.05, 4.69) is 14.8 Å². The highest BCUT2D eigenvalue weighted by atomic mass is 32.2. The van der Waals surface area contributed by atoms with Gasteiger partial charge in [-0.25, -0.2) is 0 Å². The van der Waals surface area contributed by atoms with Crippen LogP contribution in [0.5, 0.6) is 17.2 Å². The summed E-state index contributed by atoms with van der Waals surface area (Å²) in [6.45, 7) is 1.60. The third-order valence-electron chi connectivity index (χ3n) is 5.50. The van der Waals surface area contributed by atoms with Gasteiger partial charge in [0, 0.05) is 17.7 Å². The predicted molar refractivity (Wildman–Crippen MR) is 119 cm³/mol. The second-order valence-corrected chi connectivity index (χ2v) is 8.50. The molecule has 0 radical (unpaired) electrons. The molecule has 2 aliphatic heterocycles. The number of methoxy groups -OCH3 is 1. The van der Waals surface area contributed by atoms with E-state index in [0.717, 1.165) is 36.6 Å². The van der Waals surface area contributed by atoms with Crippen molar-refractivity contribution in [1.82, 2.24) is 14.8 Å². The molecular formula is C23H23N3O5S. The van der Waals surface area contributed by atoms with Crippen LogP contribution in [0.1, 0.15) is 23.2 Å². The van der Waals surface area contributed by atoms with E-state index in [-0.39, 0.29) is 24.4 Å². The second-order valence-electron chi connectivity index (χ2n) is 7.56. The van der Waals surface area contributed by atoms with E-state index in [1.54, 1.807) is 25.3 Å². The molecule has 3 heterocycles. The zero-order valence-corrected chi connectivity index (χ0v) is 18.5. The van der Waals surface area contributed by atoms with Crippen LogP contribution in [0, 0.1) is 0 Å². The molecule has 5 rings (SSSR count). The van der Waals surface area contributed by atoms with Crippen molar-refractivity contribution in [2.24, 2.45) is 0 Å². The van der Waals surface area contributed by atoms with E-state index in [1.807, 2.05) is 24.3 Å². The number of nitrogens with zero attached hydrogens (tertiary/aromatic N) is 3. The summed E-state index contributed by atoms with van der Waals surface area (Å²) < 4.78 is 23.9. The predicted octanol–water partition coefficient (Wildman–Crippen LogP) is 3.84. The summed E-state index contributed by atoms with van der Waals surface area (Å²) in [6.07, 6.45) is 2.17. The Kier molecular flexibility index (Phi) is 6.00. The van der Waals surface area contributed by atoms with E-state index in [9.17, 15) is 4.79 Å². The standard InChI is InChI=1S/C23H23N3O5S/c1-28-17-7-4-15(5-8-17)22-24-25-23(26(22)12-18-3-2-10-29-18)32-13-19(27)16-6-9-20-21(11-16)31-14-30-20/h4-9,11,18H,2-3,10,12-14H2,1H3/t18-/m0/s1. The fraction of sp³-hybridized carbons (Fsp3) is 0.348. The van der Waals surface area contributed by atoms with Crippen molar-refractivity contribution >= 4 is 17.5 Å². The molecule has 1 fully saturated rings. The molecule has 0 N–H and O–H groups in total. The number of ketones is 1. The molecule has 8 nitrogen and oxygen atoms in total. The monoisotopic (exact) mass is 453 g/mol. The van der Waals surface area contributed by atoms with Crippen molar-refractivity contribution in [2.75, 3.05) is 26.3 Å². The third-order valence-corrected chi connectivity index (χ3v) is 6.47. The maximum absolute atomic E-state index is 12.8. The van der Waals surface area contributed by atoms with Crippen molar-refractivity contribution in [3.05, 3.63) is 48.0 Å². The van der Waals surface area contributed by atoms with Gasteiger partial charge in [0.05, 0.1) is 25.5 Å². The van der Waals surface area contributed by atoms with Crippen LogP contribution < -0.4 is 14.2 Å². The van der Waals surface area contributed by atoms with Crippen LogP contribution in [0.4, 0.5) is 0 Å². The number of benzene rings is 2. The molecule has 9 heteroatoms. The first-order valence-electron chi connectivity index (χ1n) is 10.5. The summed E-state index contributed by atoms with van der Waals surface area (Å²) in [4.78, 5) is 12.8. The molecule has 0 spiro atoms. The molecule has 0 unspecified atom stereocenters. The number of carbonyl (C=O) groups excluding carboxylic acids is 1. The number of ether oxygens (including phenoxy) is 4. The Bertz CT molecular complexity index is 1110. The van der Waals surface area contributed by atoms with Gasteiger partial charge in [-0.3, -0.25) is 9.36 Å². The second kappa shape index (κ2) is 9.22. The van der Waals surface area contributed by atoms with E-state index in [0.29, 0.717) is 28.8 Å². The molecule has 1 saturated heterocycles. The Hall–Kier alpha value is -3.04. The molecule has 32 heavy (non-hydrogen) atoms. The van der Waals surface area contributed by atoms with Gasteiger partial charge in [-0.1, -0.05) is 11.8 Å². The average molecular weight is 454 g/mol. The fourth-order valence-corrected chi connectivity index (χ4v) is 4.63. The first-order chi connectivity index (χ1) is 15.7. The van der Waals surface area contributed by atoms with E-state index >= 15 is 0 Å². The van der Waals surface area contributed by atoms with Gasteiger partial charge in [0.2, 0.25) is 6.79 Å². The first-order valence-corrected chi connectivity index (χ1v) is 11.4. The summed E-state index contributed by atoms with van der Waals surface area (Å²) in [5.74, 6) is 3.03. The van der Waals surface area contributed by atoms with Crippen LogP contribution in [-0.2, 0) is 11.3 Å². The Morgan fingerprint density at radius 3 is 2.78 bits per heavy atom. The van der Waals surface area contributed by atoms with Gasteiger partial charge >= 0.3 is 0 Å². The van der Waals surface area contributed by atoms with Gasteiger partial charge < -0.3 is 18.9 Å². The van der Waals surface area contributed by atoms with Crippen LogP contribution in [0.2, 0.25) is 0 Å². The lowest BCUT2D eigenvalue weighted by atomic mass is 10.1. The molecule has 166 valence electrons. The largest absolute Gasteiger partial charge is 0.497 e. The number of carbonyl (C=O) groups is 1. The maximum Gasteiger partial charge on any atom is 0.231 e. The molecular weight excluding hydrogens is 430 g/mol.